The first kappa shape index (κ1) is 9.92. The van der Waals surface area contributed by atoms with Gasteiger partial charge in [-0.2, -0.15) is 0 Å². The van der Waals surface area contributed by atoms with Gasteiger partial charge in [-0.3, -0.25) is 0 Å². The number of allylic oxidation sites excluding steroid dienone is 1. The predicted molar refractivity (Wildman–Crippen MR) is 52.0 cm³/mol. The highest BCUT2D eigenvalue weighted by atomic mass is 32.1. The lowest BCUT2D eigenvalue weighted by Gasteiger charge is -1.99. The van der Waals surface area contributed by atoms with Crippen LogP contribution in [0.25, 0.3) is 0 Å². The van der Waals surface area contributed by atoms with Crippen LogP contribution < -0.4 is 0 Å². The third-order valence-electron chi connectivity index (χ3n) is 1.44. The number of thiazole rings is 1. The zero-order valence-corrected chi connectivity index (χ0v) is 8.26. The van der Waals surface area contributed by atoms with Crippen molar-refractivity contribution in [3.8, 4) is 0 Å². The second-order valence-corrected chi connectivity index (χ2v) is 3.28. The summed E-state index contributed by atoms with van der Waals surface area (Å²) >= 11 is 1.45. The summed E-state index contributed by atoms with van der Waals surface area (Å²) in [6.07, 6.45) is 2.41. The molecule has 0 unspecified atom stereocenters. The van der Waals surface area contributed by atoms with Crippen molar-refractivity contribution in [3.05, 3.63) is 28.7 Å². The number of hydrogen-bond acceptors (Lipinski definition) is 4. The topological polar surface area (TPSA) is 39.2 Å². The first-order valence-corrected chi connectivity index (χ1v) is 4.88. The van der Waals surface area contributed by atoms with Crippen molar-refractivity contribution < 1.29 is 9.53 Å². The van der Waals surface area contributed by atoms with Crippen LogP contribution in [0.1, 0.15) is 22.3 Å². The number of carbonyl (C=O) groups is 1. The Morgan fingerprint density at radius 2 is 2.62 bits per heavy atom. The molecule has 0 amide bonds. The Bertz CT molecular complexity index is 306. The molecule has 0 N–H and O–H groups in total. The van der Waals surface area contributed by atoms with Crippen LogP contribution in [-0.2, 0) is 11.2 Å². The van der Waals surface area contributed by atoms with Gasteiger partial charge in [0.05, 0.1) is 12.1 Å². The molecule has 0 atom stereocenters. The number of ether oxygens (including phenoxy) is 1. The highest BCUT2D eigenvalue weighted by Crippen LogP contribution is 2.15. The fraction of sp³-hybridized carbons (Fsp3) is 0.333. The molecule has 0 fully saturated rings. The molecule has 70 valence electrons. The zero-order valence-electron chi connectivity index (χ0n) is 7.45. The summed E-state index contributed by atoms with van der Waals surface area (Å²) in [5.74, 6) is -0.347. The number of aromatic nitrogens is 1. The number of nitrogens with zero attached hydrogens (tertiary/aromatic N) is 1. The molecule has 0 aliphatic heterocycles. The number of esters is 1. The molecule has 0 saturated carbocycles. The zero-order chi connectivity index (χ0) is 9.68. The van der Waals surface area contributed by atoms with Gasteiger partial charge in [0.15, 0.2) is 5.69 Å². The number of hydrogen-bond donors (Lipinski definition) is 0. The molecule has 1 aromatic rings. The number of rotatable bonds is 4. The van der Waals surface area contributed by atoms with E-state index in [0.29, 0.717) is 18.7 Å². The van der Waals surface area contributed by atoms with E-state index in [0.717, 1.165) is 4.88 Å². The van der Waals surface area contributed by atoms with Gasteiger partial charge < -0.3 is 4.74 Å². The first-order valence-electron chi connectivity index (χ1n) is 4.00. The summed E-state index contributed by atoms with van der Waals surface area (Å²) in [5.41, 5.74) is 2.07. The summed E-state index contributed by atoms with van der Waals surface area (Å²) in [7, 11) is 0. The smallest absolute Gasteiger partial charge is 0.358 e. The van der Waals surface area contributed by atoms with Crippen LogP contribution in [0.3, 0.4) is 0 Å². The van der Waals surface area contributed by atoms with Gasteiger partial charge in [0, 0.05) is 11.3 Å². The molecule has 3 nitrogen and oxygen atoms in total. The standard InChI is InChI=1S/C9H11NO2S/c1-3-5-7-8(10-6-13-7)9(11)12-4-2/h3,6H,1,4-5H2,2H3. The van der Waals surface area contributed by atoms with E-state index in [1.165, 1.54) is 11.3 Å². The van der Waals surface area contributed by atoms with E-state index in [4.69, 9.17) is 4.74 Å². The lowest BCUT2D eigenvalue weighted by molar-refractivity contribution is 0.0519. The van der Waals surface area contributed by atoms with Crippen LogP contribution in [0.15, 0.2) is 18.2 Å². The molecule has 13 heavy (non-hydrogen) atoms. The van der Waals surface area contributed by atoms with Gasteiger partial charge in [0.25, 0.3) is 0 Å². The highest BCUT2D eigenvalue weighted by molar-refractivity contribution is 7.09. The van der Waals surface area contributed by atoms with Gasteiger partial charge >= 0.3 is 5.97 Å². The molecular formula is C9H11NO2S. The highest BCUT2D eigenvalue weighted by Gasteiger charge is 2.14. The van der Waals surface area contributed by atoms with Crippen molar-refractivity contribution in [1.29, 1.82) is 0 Å². The molecule has 0 aromatic carbocycles. The average molecular weight is 197 g/mol. The van der Waals surface area contributed by atoms with E-state index < -0.39 is 0 Å². The van der Waals surface area contributed by atoms with Crippen LogP contribution in [-0.4, -0.2) is 17.6 Å². The van der Waals surface area contributed by atoms with Crippen molar-refractivity contribution in [3.63, 3.8) is 0 Å². The van der Waals surface area contributed by atoms with Gasteiger partial charge in [-0.05, 0) is 6.92 Å². The SMILES string of the molecule is C=CCc1scnc1C(=O)OCC. The van der Waals surface area contributed by atoms with Crippen molar-refractivity contribution in [2.45, 2.75) is 13.3 Å². The van der Waals surface area contributed by atoms with Gasteiger partial charge in [-0.25, -0.2) is 9.78 Å². The maximum Gasteiger partial charge on any atom is 0.358 e. The Hall–Kier alpha value is -1.16. The van der Waals surface area contributed by atoms with Crippen LogP contribution in [0, 0.1) is 0 Å². The van der Waals surface area contributed by atoms with E-state index in [1.54, 1.807) is 18.5 Å². The Morgan fingerprint density at radius 3 is 3.23 bits per heavy atom. The van der Waals surface area contributed by atoms with Crippen LogP contribution in [0.5, 0.6) is 0 Å². The van der Waals surface area contributed by atoms with Gasteiger partial charge in [-0.1, -0.05) is 6.08 Å². The van der Waals surface area contributed by atoms with Crippen LogP contribution >= 0.6 is 11.3 Å². The molecule has 1 heterocycles. The average Bonchev–Trinajstić information content (AvgIpc) is 2.54. The third-order valence-corrected chi connectivity index (χ3v) is 2.29. The fourth-order valence-electron chi connectivity index (χ4n) is 0.912. The summed E-state index contributed by atoms with van der Waals surface area (Å²) in [4.78, 5) is 16.1. The molecule has 0 spiro atoms. The molecule has 0 bridgehead atoms. The van der Waals surface area contributed by atoms with Crippen molar-refractivity contribution in [2.24, 2.45) is 0 Å². The first-order chi connectivity index (χ1) is 6.29. The fourth-order valence-corrected chi connectivity index (χ4v) is 1.66. The lowest BCUT2D eigenvalue weighted by atomic mass is 10.3. The summed E-state index contributed by atoms with van der Waals surface area (Å²) in [5, 5.41) is 0. The molecular weight excluding hydrogens is 186 g/mol. The van der Waals surface area contributed by atoms with E-state index >= 15 is 0 Å². The van der Waals surface area contributed by atoms with Crippen LogP contribution in [0.4, 0.5) is 0 Å². The molecule has 0 aliphatic rings. The Kier molecular flexibility index (Phi) is 3.64. The summed E-state index contributed by atoms with van der Waals surface area (Å²) < 4.78 is 4.84. The molecule has 1 rings (SSSR count). The molecule has 0 aliphatic carbocycles. The van der Waals surface area contributed by atoms with Gasteiger partial charge in [0.1, 0.15) is 0 Å². The monoisotopic (exact) mass is 197 g/mol. The molecule has 1 aromatic heterocycles. The van der Waals surface area contributed by atoms with Crippen LogP contribution in [0.2, 0.25) is 0 Å². The van der Waals surface area contributed by atoms with E-state index in [1.807, 2.05) is 0 Å². The quantitative estimate of drug-likeness (QED) is 0.547. The third kappa shape index (κ3) is 2.39. The Morgan fingerprint density at radius 1 is 1.85 bits per heavy atom. The summed E-state index contributed by atoms with van der Waals surface area (Å²) in [6, 6.07) is 0. The van der Waals surface area contributed by atoms with Crippen molar-refractivity contribution in [1.82, 2.24) is 4.98 Å². The van der Waals surface area contributed by atoms with Gasteiger partial charge in [0.2, 0.25) is 0 Å². The van der Waals surface area contributed by atoms with E-state index in [-0.39, 0.29) is 5.97 Å². The second kappa shape index (κ2) is 4.77. The minimum atomic E-state index is -0.347. The van der Waals surface area contributed by atoms with Crippen molar-refractivity contribution in [2.75, 3.05) is 6.61 Å². The molecule has 0 saturated heterocycles. The molecule has 4 heteroatoms. The predicted octanol–water partition coefficient (Wildman–Crippen LogP) is 2.05. The summed E-state index contributed by atoms with van der Waals surface area (Å²) in [6.45, 7) is 5.76. The lowest BCUT2D eigenvalue weighted by Crippen LogP contribution is -2.07. The Labute approximate surface area is 81.1 Å². The Balaban J connectivity index is 2.80. The second-order valence-electron chi connectivity index (χ2n) is 2.34. The number of carbonyl (C=O) groups excluding carboxylic acids is 1. The van der Waals surface area contributed by atoms with Gasteiger partial charge in [-0.15, -0.1) is 17.9 Å². The van der Waals surface area contributed by atoms with E-state index in [2.05, 4.69) is 11.6 Å². The molecule has 0 radical (unpaired) electrons. The largest absolute Gasteiger partial charge is 0.461 e. The maximum absolute atomic E-state index is 11.3. The minimum absolute atomic E-state index is 0.347. The maximum atomic E-state index is 11.3. The minimum Gasteiger partial charge on any atom is -0.461 e. The van der Waals surface area contributed by atoms with Crippen molar-refractivity contribution >= 4 is 17.3 Å². The van der Waals surface area contributed by atoms with E-state index in [9.17, 15) is 4.79 Å². The normalized spacial score (nSPS) is 9.62.